The van der Waals surface area contributed by atoms with Crippen molar-refractivity contribution in [3.63, 3.8) is 0 Å². The molecule has 24 heavy (non-hydrogen) atoms. The number of nitriles is 1. The van der Waals surface area contributed by atoms with Gasteiger partial charge in [-0.3, -0.25) is 4.79 Å². The van der Waals surface area contributed by atoms with Crippen LogP contribution < -0.4 is 5.73 Å². The lowest BCUT2D eigenvalue weighted by Crippen LogP contribution is -2.16. The van der Waals surface area contributed by atoms with Gasteiger partial charge in [-0.1, -0.05) is 0 Å². The number of benzene rings is 1. The molecule has 2 aromatic heterocycles. The summed E-state index contributed by atoms with van der Waals surface area (Å²) in [6.07, 6.45) is 0.942. The van der Waals surface area contributed by atoms with Crippen molar-refractivity contribution in [2.75, 3.05) is 0 Å². The molecule has 0 saturated heterocycles. The molecule has 3 aromatic rings. The van der Waals surface area contributed by atoms with Crippen LogP contribution in [-0.2, 0) is 0 Å². The Hall–Kier alpha value is -3.31. The molecule has 0 aliphatic carbocycles. The summed E-state index contributed by atoms with van der Waals surface area (Å²) in [7, 11) is 0. The molecule has 0 aliphatic heterocycles. The largest absolute Gasteiger partial charge is 0.383 e. The highest BCUT2D eigenvalue weighted by Gasteiger charge is 2.26. The molecule has 0 spiro atoms. The predicted molar refractivity (Wildman–Crippen MR) is 79.7 cm³/mol. The number of carbonyl (C=O) groups is 1. The van der Waals surface area contributed by atoms with Crippen LogP contribution in [0.25, 0.3) is 11.0 Å². The molecule has 1 amide bonds. The summed E-state index contributed by atoms with van der Waals surface area (Å²) in [4.78, 5) is 18.0. The summed E-state index contributed by atoms with van der Waals surface area (Å²) in [5.74, 6) is -3.33. The van der Waals surface area contributed by atoms with Gasteiger partial charge in [0.1, 0.15) is 29.5 Å². The van der Waals surface area contributed by atoms with E-state index >= 15 is 0 Å². The standard InChI is InChI=1S/C16H10F2N4O2/c17-11-2-1-8(15(20)24)13(18)12(11)14(23)10-6-22-16-9(10)3-7(4-19)5-21-16/h1-3,5-6,14,23H,(H2,20,24)(H,21,22). The third-order valence-corrected chi connectivity index (χ3v) is 3.65. The number of aromatic nitrogens is 2. The number of aromatic amines is 1. The van der Waals surface area contributed by atoms with Gasteiger partial charge in [-0.15, -0.1) is 0 Å². The van der Waals surface area contributed by atoms with Crippen molar-refractivity contribution in [3.05, 3.63) is 64.5 Å². The fourth-order valence-electron chi connectivity index (χ4n) is 2.48. The number of nitrogens with two attached hydrogens (primary N) is 1. The van der Waals surface area contributed by atoms with Gasteiger partial charge < -0.3 is 15.8 Å². The maximum absolute atomic E-state index is 14.4. The van der Waals surface area contributed by atoms with Crippen LogP contribution in [-0.4, -0.2) is 21.0 Å². The molecule has 0 saturated carbocycles. The Bertz CT molecular complexity index is 1010. The molecule has 0 radical (unpaired) electrons. The molecule has 0 aliphatic rings. The average molecular weight is 328 g/mol. The Labute approximate surface area is 134 Å². The van der Waals surface area contributed by atoms with Gasteiger partial charge >= 0.3 is 0 Å². The molecular weight excluding hydrogens is 318 g/mol. The molecule has 0 bridgehead atoms. The van der Waals surface area contributed by atoms with Crippen LogP contribution in [0.15, 0.2) is 30.6 Å². The van der Waals surface area contributed by atoms with E-state index < -0.39 is 34.8 Å². The van der Waals surface area contributed by atoms with E-state index in [0.717, 1.165) is 12.1 Å². The van der Waals surface area contributed by atoms with E-state index in [2.05, 4.69) is 9.97 Å². The summed E-state index contributed by atoms with van der Waals surface area (Å²) < 4.78 is 28.4. The number of carbonyl (C=O) groups excluding carboxylic acids is 1. The van der Waals surface area contributed by atoms with E-state index in [-0.39, 0.29) is 11.1 Å². The topological polar surface area (TPSA) is 116 Å². The highest BCUT2D eigenvalue weighted by Crippen LogP contribution is 2.32. The van der Waals surface area contributed by atoms with E-state index in [4.69, 9.17) is 11.0 Å². The summed E-state index contributed by atoms with van der Waals surface area (Å²) in [6, 6.07) is 5.10. The number of amides is 1. The van der Waals surface area contributed by atoms with Crippen molar-refractivity contribution in [1.29, 1.82) is 5.26 Å². The van der Waals surface area contributed by atoms with Crippen molar-refractivity contribution in [1.82, 2.24) is 9.97 Å². The number of hydrogen-bond acceptors (Lipinski definition) is 4. The average Bonchev–Trinajstić information content (AvgIpc) is 2.97. The van der Waals surface area contributed by atoms with E-state index in [0.29, 0.717) is 11.0 Å². The molecule has 1 aromatic carbocycles. The van der Waals surface area contributed by atoms with Gasteiger partial charge in [-0.2, -0.15) is 5.26 Å². The first-order valence-electron chi connectivity index (χ1n) is 6.77. The third kappa shape index (κ3) is 2.37. The summed E-state index contributed by atoms with van der Waals surface area (Å²) in [5, 5.41) is 19.7. The van der Waals surface area contributed by atoms with Crippen LogP contribution in [0.4, 0.5) is 8.78 Å². The number of halogens is 2. The Balaban J connectivity index is 2.20. The van der Waals surface area contributed by atoms with Crippen LogP contribution in [0.5, 0.6) is 0 Å². The molecule has 1 unspecified atom stereocenters. The van der Waals surface area contributed by atoms with Gasteiger partial charge in [0.05, 0.1) is 16.7 Å². The predicted octanol–water partition coefficient (Wildman–Crippen LogP) is 1.89. The van der Waals surface area contributed by atoms with Crippen molar-refractivity contribution < 1.29 is 18.7 Å². The van der Waals surface area contributed by atoms with E-state index in [9.17, 15) is 18.7 Å². The number of pyridine rings is 1. The quantitative estimate of drug-likeness (QED) is 0.681. The number of rotatable bonds is 3. The SMILES string of the molecule is N#Cc1cnc2[nH]cc(C(O)c3c(F)ccc(C(N)=O)c3F)c2c1. The number of aliphatic hydroxyl groups excluding tert-OH is 1. The Kier molecular flexibility index (Phi) is 3.71. The summed E-state index contributed by atoms with van der Waals surface area (Å²) in [5.41, 5.74) is 4.51. The smallest absolute Gasteiger partial charge is 0.251 e. The second-order valence-electron chi connectivity index (χ2n) is 5.07. The van der Waals surface area contributed by atoms with Gasteiger partial charge in [0.25, 0.3) is 5.91 Å². The number of fused-ring (bicyclic) bond motifs is 1. The first kappa shape index (κ1) is 15.6. The van der Waals surface area contributed by atoms with E-state index in [1.54, 1.807) is 0 Å². The molecule has 8 heteroatoms. The lowest BCUT2D eigenvalue weighted by atomic mass is 9.97. The van der Waals surface area contributed by atoms with Crippen LogP contribution in [0, 0.1) is 23.0 Å². The zero-order chi connectivity index (χ0) is 17.4. The van der Waals surface area contributed by atoms with Crippen molar-refractivity contribution in [2.45, 2.75) is 6.10 Å². The molecule has 120 valence electrons. The maximum Gasteiger partial charge on any atom is 0.251 e. The van der Waals surface area contributed by atoms with E-state index in [1.165, 1.54) is 18.5 Å². The van der Waals surface area contributed by atoms with Gasteiger partial charge in [0.15, 0.2) is 0 Å². The van der Waals surface area contributed by atoms with E-state index in [1.807, 2.05) is 6.07 Å². The number of nitrogens with zero attached hydrogens (tertiary/aromatic N) is 2. The van der Waals surface area contributed by atoms with Crippen molar-refractivity contribution in [3.8, 4) is 6.07 Å². The number of hydrogen-bond donors (Lipinski definition) is 3. The first-order valence-corrected chi connectivity index (χ1v) is 6.77. The number of aliphatic hydroxyl groups is 1. The molecular formula is C16H10F2N4O2. The molecule has 0 fully saturated rings. The van der Waals surface area contributed by atoms with Crippen molar-refractivity contribution >= 4 is 16.9 Å². The van der Waals surface area contributed by atoms with Gasteiger partial charge in [-0.25, -0.2) is 13.8 Å². The molecule has 4 N–H and O–H groups in total. The minimum absolute atomic E-state index is 0.119. The number of nitrogens with one attached hydrogen (secondary N) is 1. The number of H-pyrrole nitrogens is 1. The second kappa shape index (κ2) is 5.72. The lowest BCUT2D eigenvalue weighted by molar-refractivity contribution is 0.0995. The molecule has 2 heterocycles. The molecule has 3 rings (SSSR count). The monoisotopic (exact) mass is 328 g/mol. The highest BCUT2D eigenvalue weighted by atomic mass is 19.1. The molecule has 6 nitrogen and oxygen atoms in total. The normalized spacial score (nSPS) is 12.1. The minimum atomic E-state index is -1.71. The summed E-state index contributed by atoms with van der Waals surface area (Å²) >= 11 is 0. The van der Waals surface area contributed by atoms with Gasteiger partial charge in [0, 0.05) is 23.3 Å². The first-order chi connectivity index (χ1) is 11.4. The fourth-order valence-corrected chi connectivity index (χ4v) is 2.48. The van der Waals surface area contributed by atoms with Crippen LogP contribution >= 0.6 is 0 Å². The Morgan fingerprint density at radius 1 is 1.42 bits per heavy atom. The molecule has 1 atom stereocenters. The number of primary amides is 1. The van der Waals surface area contributed by atoms with Crippen molar-refractivity contribution in [2.24, 2.45) is 5.73 Å². The van der Waals surface area contributed by atoms with Gasteiger partial charge in [0.2, 0.25) is 0 Å². The van der Waals surface area contributed by atoms with Crippen LogP contribution in [0.3, 0.4) is 0 Å². The summed E-state index contributed by atoms with van der Waals surface area (Å²) in [6.45, 7) is 0. The van der Waals surface area contributed by atoms with Crippen LogP contribution in [0.1, 0.15) is 33.2 Å². The second-order valence-corrected chi connectivity index (χ2v) is 5.07. The third-order valence-electron chi connectivity index (χ3n) is 3.65. The maximum atomic E-state index is 14.4. The Morgan fingerprint density at radius 3 is 2.83 bits per heavy atom. The lowest BCUT2D eigenvalue weighted by Gasteiger charge is -2.14. The zero-order valence-electron chi connectivity index (χ0n) is 12.0. The Morgan fingerprint density at radius 2 is 2.17 bits per heavy atom. The fraction of sp³-hybridized carbons (Fsp3) is 0.0625. The highest BCUT2D eigenvalue weighted by molar-refractivity contribution is 5.93. The van der Waals surface area contributed by atoms with Crippen LogP contribution in [0.2, 0.25) is 0 Å². The zero-order valence-corrected chi connectivity index (χ0v) is 12.0. The minimum Gasteiger partial charge on any atom is -0.383 e. The van der Waals surface area contributed by atoms with Gasteiger partial charge in [-0.05, 0) is 18.2 Å².